The van der Waals surface area contributed by atoms with E-state index in [-0.39, 0.29) is 5.41 Å². The van der Waals surface area contributed by atoms with Crippen molar-refractivity contribution in [3.63, 3.8) is 0 Å². The Morgan fingerprint density at radius 2 is 0.604 bits per heavy atom. The van der Waals surface area contributed by atoms with Crippen LogP contribution in [-0.4, -0.2) is 0 Å². The van der Waals surface area contributed by atoms with Crippen molar-refractivity contribution in [2.75, 3.05) is 0 Å². The molecule has 11 rings (SSSR count). The Balaban J connectivity index is 0.973. The van der Waals surface area contributed by atoms with E-state index in [1.165, 1.54) is 66.8 Å². The molecule has 250 valence electrons. The maximum atomic E-state index is 6.53. The van der Waals surface area contributed by atoms with Crippen LogP contribution in [0, 0.1) is 0 Å². The number of para-hydroxylation sites is 2. The molecule has 8 aromatic carbocycles. The second kappa shape index (κ2) is 11.2. The quantitative estimate of drug-likeness (QED) is 0.181. The van der Waals surface area contributed by atoms with Crippen LogP contribution in [0.1, 0.15) is 25.0 Å². The summed E-state index contributed by atoms with van der Waals surface area (Å²) in [5.41, 5.74) is 19.1. The molecular weight excluding hydrogens is 645 g/mol. The molecule has 1 aliphatic carbocycles. The molecule has 0 fully saturated rings. The highest BCUT2D eigenvalue weighted by Gasteiger charge is 2.36. The molecule has 0 unspecified atom stereocenters. The summed E-state index contributed by atoms with van der Waals surface area (Å²) in [7, 11) is 0. The Hall–Kier alpha value is -6.64. The lowest BCUT2D eigenvalue weighted by Gasteiger charge is -2.23. The topological polar surface area (TPSA) is 18.5 Å². The van der Waals surface area contributed by atoms with Crippen LogP contribution >= 0.6 is 0 Å². The van der Waals surface area contributed by atoms with Gasteiger partial charge in [-0.1, -0.05) is 135 Å². The Labute approximate surface area is 309 Å². The van der Waals surface area contributed by atoms with Crippen LogP contribution in [0.25, 0.3) is 77.9 Å². The largest absolute Gasteiger partial charge is 0.456 e. The Morgan fingerprint density at radius 1 is 0.283 bits per heavy atom. The fourth-order valence-electron chi connectivity index (χ4n) is 8.81. The van der Waals surface area contributed by atoms with Gasteiger partial charge in [0.25, 0.3) is 0 Å². The van der Waals surface area contributed by atoms with E-state index in [1.54, 1.807) is 0 Å². The zero-order valence-electron chi connectivity index (χ0n) is 29.5. The second-order valence-electron chi connectivity index (χ2n) is 14.9. The van der Waals surface area contributed by atoms with Gasteiger partial charge in [-0.15, -0.1) is 0 Å². The molecule has 0 bridgehead atoms. The number of benzene rings is 8. The molecule has 0 saturated carbocycles. The van der Waals surface area contributed by atoms with Crippen molar-refractivity contribution < 1.29 is 9.47 Å². The third-order valence-electron chi connectivity index (χ3n) is 11.5. The zero-order valence-corrected chi connectivity index (χ0v) is 29.5. The lowest BCUT2D eigenvalue weighted by Crippen LogP contribution is -2.15. The summed E-state index contributed by atoms with van der Waals surface area (Å²) in [6.45, 7) is 4.73. The first-order chi connectivity index (χ1) is 26.0. The van der Waals surface area contributed by atoms with Gasteiger partial charge in [-0.05, 0) is 115 Å². The molecule has 2 nitrogen and oxygen atoms in total. The fraction of sp³-hybridized carbons (Fsp3) is 0.0588. The van der Waals surface area contributed by atoms with E-state index in [1.807, 2.05) is 12.1 Å². The van der Waals surface area contributed by atoms with E-state index in [0.29, 0.717) is 0 Å². The minimum absolute atomic E-state index is 0.178. The highest BCUT2D eigenvalue weighted by Crippen LogP contribution is 2.53. The molecule has 0 N–H and O–H groups in total. The molecule has 0 amide bonds. The van der Waals surface area contributed by atoms with E-state index in [4.69, 9.17) is 9.47 Å². The van der Waals surface area contributed by atoms with Gasteiger partial charge in [-0.25, -0.2) is 0 Å². The van der Waals surface area contributed by atoms with Crippen molar-refractivity contribution >= 4 is 0 Å². The predicted octanol–water partition coefficient (Wildman–Crippen LogP) is 14.2. The SMILES string of the molecule is CC1(C)c2cc(-c3ccc4c(c3)-c3ccccc3-c3ccccc3O4)ccc2-c2ccc(-c3ccc4c(c3)-c3ccccc3-c3ccccc3O4)cc21. The molecule has 2 heteroatoms. The summed E-state index contributed by atoms with van der Waals surface area (Å²) in [5.74, 6) is 3.53. The van der Waals surface area contributed by atoms with Crippen molar-refractivity contribution in [1.82, 2.24) is 0 Å². The summed E-state index contributed by atoms with van der Waals surface area (Å²) in [6.07, 6.45) is 0. The van der Waals surface area contributed by atoms with Crippen LogP contribution in [0.15, 0.2) is 170 Å². The summed E-state index contributed by atoms with van der Waals surface area (Å²) in [6, 6.07) is 61.1. The van der Waals surface area contributed by atoms with E-state index in [2.05, 4.69) is 172 Å². The summed E-state index contributed by atoms with van der Waals surface area (Å²) in [4.78, 5) is 0. The average molecular weight is 679 g/mol. The van der Waals surface area contributed by atoms with Gasteiger partial charge in [0.05, 0.1) is 0 Å². The van der Waals surface area contributed by atoms with Crippen LogP contribution in [-0.2, 0) is 5.41 Å². The number of hydrogen-bond acceptors (Lipinski definition) is 2. The first-order valence-electron chi connectivity index (χ1n) is 18.3. The maximum absolute atomic E-state index is 6.53. The third kappa shape index (κ3) is 4.52. The molecule has 8 aromatic rings. The zero-order chi connectivity index (χ0) is 35.3. The summed E-state index contributed by atoms with van der Waals surface area (Å²) < 4.78 is 13.1. The summed E-state index contributed by atoms with van der Waals surface area (Å²) >= 11 is 0. The standard InChI is InChI=1S/C51H34O2/c1-51(2)45-29-33(31-21-25-49-43(27-31)37-13-5-3-11-35(37)41-15-7-9-17-47(41)52-49)19-23-39(45)40-24-20-34(30-46(40)51)32-22-26-50-44(28-32)38-14-6-4-12-36(38)42-16-8-10-18-48(42)53-50/h3-30H,1-2H3. The number of fused-ring (bicyclic) bond motifs is 13. The van der Waals surface area contributed by atoms with Crippen molar-refractivity contribution in [2.24, 2.45) is 0 Å². The molecule has 53 heavy (non-hydrogen) atoms. The van der Waals surface area contributed by atoms with Crippen LogP contribution < -0.4 is 9.47 Å². The molecule has 0 radical (unpaired) electrons. The van der Waals surface area contributed by atoms with E-state index in [0.717, 1.165) is 45.3 Å². The van der Waals surface area contributed by atoms with Gasteiger partial charge in [0.1, 0.15) is 23.0 Å². The lowest BCUT2D eigenvalue weighted by molar-refractivity contribution is 0.487. The maximum Gasteiger partial charge on any atom is 0.135 e. The molecular formula is C51H34O2. The molecule has 0 saturated heterocycles. The van der Waals surface area contributed by atoms with Gasteiger partial charge >= 0.3 is 0 Å². The van der Waals surface area contributed by atoms with Gasteiger partial charge < -0.3 is 9.47 Å². The van der Waals surface area contributed by atoms with Crippen LogP contribution in [0.5, 0.6) is 23.0 Å². The van der Waals surface area contributed by atoms with Gasteiger partial charge in [0.15, 0.2) is 0 Å². The highest BCUT2D eigenvalue weighted by atomic mass is 16.5. The monoisotopic (exact) mass is 678 g/mol. The Kier molecular flexibility index (Phi) is 6.33. The molecule has 2 aliphatic heterocycles. The Morgan fingerprint density at radius 3 is 1.04 bits per heavy atom. The molecule has 2 heterocycles. The van der Waals surface area contributed by atoms with Crippen LogP contribution in [0.2, 0.25) is 0 Å². The normalized spacial score (nSPS) is 13.5. The average Bonchev–Trinajstić information content (AvgIpc) is 3.30. The van der Waals surface area contributed by atoms with Gasteiger partial charge in [0.2, 0.25) is 0 Å². The van der Waals surface area contributed by atoms with Gasteiger partial charge in [-0.3, -0.25) is 0 Å². The molecule has 0 atom stereocenters. The van der Waals surface area contributed by atoms with Crippen LogP contribution in [0.3, 0.4) is 0 Å². The van der Waals surface area contributed by atoms with Gasteiger partial charge in [-0.2, -0.15) is 0 Å². The van der Waals surface area contributed by atoms with Crippen molar-refractivity contribution in [1.29, 1.82) is 0 Å². The summed E-state index contributed by atoms with van der Waals surface area (Å²) in [5, 5.41) is 0. The fourth-order valence-corrected chi connectivity index (χ4v) is 8.81. The smallest absolute Gasteiger partial charge is 0.135 e. The number of hydrogen-bond donors (Lipinski definition) is 0. The first-order valence-corrected chi connectivity index (χ1v) is 18.3. The van der Waals surface area contributed by atoms with E-state index < -0.39 is 0 Å². The third-order valence-corrected chi connectivity index (χ3v) is 11.5. The second-order valence-corrected chi connectivity index (χ2v) is 14.9. The van der Waals surface area contributed by atoms with Crippen molar-refractivity contribution in [3.05, 3.63) is 181 Å². The van der Waals surface area contributed by atoms with E-state index in [9.17, 15) is 0 Å². The molecule has 0 aromatic heterocycles. The van der Waals surface area contributed by atoms with E-state index >= 15 is 0 Å². The molecule has 0 spiro atoms. The minimum Gasteiger partial charge on any atom is -0.456 e. The minimum atomic E-state index is -0.178. The van der Waals surface area contributed by atoms with Crippen LogP contribution in [0.4, 0.5) is 0 Å². The van der Waals surface area contributed by atoms with Crippen molar-refractivity contribution in [3.8, 4) is 101 Å². The number of rotatable bonds is 2. The number of ether oxygens (including phenoxy) is 2. The van der Waals surface area contributed by atoms with Gasteiger partial charge in [0, 0.05) is 27.7 Å². The lowest BCUT2D eigenvalue weighted by atomic mass is 9.80. The first kappa shape index (κ1) is 30.0. The van der Waals surface area contributed by atoms with Crippen molar-refractivity contribution in [2.45, 2.75) is 19.3 Å². The molecule has 3 aliphatic rings. The highest BCUT2D eigenvalue weighted by molar-refractivity contribution is 5.94. The Bertz CT molecular complexity index is 2630. The predicted molar refractivity (Wildman–Crippen MR) is 217 cm³/mol.